The third-order valence-corrected chi connectivity index (χ3v) is 4.38. The molecule has 0 radical (unpaired) electrons. The summed E-state index contributed by atoms with van der Waals surface area (Å²) in [4.78, 5) is 24.3. The molecule has 0 saturated heterocycles. The molecule has 1 fully saturated rings. The van der Waals surface area contributed by atoms with E-state index in [-0.39, 0.29) is 0 Å². The van der Waals surface area contributed by atoms with Crippen LogP contribution < -0.4 is 4.74 Å². The zero-order valence-corrected chi connectivity index (χ0v) is 14.3. The minimum atomic E-state index is -1.17. The Morgan fingerprint density at radius 2 is 2.00 bits per heavy atom. The highest BCUT2D eigenvalue weighted by Crippen LogP contribution is 2.39. The number of hydrogen-bond acceptors (Lipinski definition) is 4. The molecular weight excluding hydrogens is 306 g/mol. The van der Waals surface area contributed by atoms with Gasteiger partial charge < -0.3 is 14.7 Å². The van der Waals surface area contributed by atoms with Gasteiger partial charge in [0, 0.05) is 18.7 Å². The third-order valence-electron chi connectivity index (χ3n) is 4.38. The van der Waals surface area contributed by atoms with Gasteiger partial charge in [-0.25, -0.2) is 9.59 Å². The predicted octanol–water partition coefficient (Wildman–Crippen LogP) is 3.07. The van der Waals surface area contributed by atoms with Crippen molar-refractivity contribution < 1.29 is 19.4 Å². The Kier molecular flexibility index (Phi) is 6.55. The van der Waals surface area contributed by atoms with Crippen LogP contribution in [0, 0.1) is 5.92 Å². The number of hydrogen-bond donors (Lipinski definition) is 1. The summed E-state index contributed by atoms with van der Waals surface area (Å²) in [7, 11) is 4.19. The second-order valence-corrected chi connectivity index (χ2v) is 6.58. The van der Waals surface area contributed by atoms with Gasteiger partial charge in [0.15, 0.2) is 0 Å². The van der Waals surface area contributed by atoms with E-state index in [0.717, 1.165) is 25.1 Å². The minimum Gasteiger partial charge on any atom is -0.478 e. The molecular formula is C19H25NO4. The van der Waals surface area contributed by atoms with E-state index >= 15 is 0 Å². The standard InChI is InChI=1S/C19H25NO4/c1-20(2)13-15-6-3-4-9-17(15)14-7-5-8-16(12-14)24-19(23)11-10-18(21)22/h5,7-8,10-12,15,17H,3-4,6,9,13H2,1-2H3,(H,21,22)/b11-10+/t15-,17-/m0/s1. The number of carbonyl (C=O) groups is 2. The maximum atomic E-state index is 11.6. The van der Waals surface area contributed by atoms with Crippen LogP contribution in [0.5, 0.6) is 5.75 Å². The molecule has 5 nitrogen and oxygen atoms in total. The smallest absolute Gasteiger partial charge is 0.336 e. The van der Waals surface area contributed by atoms with Crippen molar-refractivity contribution in [3.05, 3.63) is 42.0 Å². The van der Waals surface area contributed by atoms with E-state index in [9.17, 15) is 9.59 Å². The molecule has 0 unspecified atom stereocenters. The maximum Gasteiger partial charge on any atom is 0.336 e. The normalized spacial score (nSPS) is 21.1. The number of nitrogens with zero attached hydrogens (tertiary/aromatic N) is 1. The molecule has 0 aliphatic heterocycles. The van der Waals surface area contributed by atoms with Crippen LogP contribution in [0.25, 0.3) is 0 Å². The lowest BCUT2D eigenvalue weighted by atomic mass is 9.75. The van der Waals surface area contributed by atoms with Gasteiger partial charge in [-0.1, -0.05) is 25.0 Å². The summed E-state index contributed by atoms with van der Waals surface area (Å²) in [5.74, 6) is -0.319. The van der Waals surface area contributed by atoms with E-state index in [1.54, 1.807) is 6.07 Å². The summed E-state index contributed by atoms with van der Waals surface area (Å²) >= 11 is 0. The molecule has 2 atom stereocenters. The molecule has 0 bridgehead atoms. The topological polar surface area (TPSA) is 66.8 Å². The summed E-state index contributed by atoms with van der Waals surface area (Å²) < 4.78 is 5.21. The average molecular weight is 331 g/mol. The molecule has 1 saturated carbocycles. The van der Waals surface area contributed by atoms with Crippen molar-refractivity contribution in [1.82, 2.24) is 4.90 Å². The molecule has 0 heterocycles. The largest absolute Gasteiger partial charge is 0.478 e. The first kappa shape index (κ1) is 18.2. The zero-order valence-electron chi connectivity index (χ0n) is 14.3. The van der Waals surface area contributed by atoms with Crippen molar-refractivity contribution in [2.24, 2.45) is 5.92 Å². The number of rotatable bonds is 6. The van der Waals surface area contributed by atoms with Gasteiger partial charge in [-0.3, -0.25) is 0 Å². The van der Waals surface area contributed by atoms with Gasteiger partial charge >= 0.3 is 11.9 Å². The molecule has 0 spiro atoms. The monoisotopic (exact) mass is 331 g/mol. The van der Waals surface area contributed by atoms with Crippen LogP contribution in [0.3, 0.4) is 0 Å². The second kappa shape index (κ2) is 8.64. The highest BCUT2D eigenvalue weighted by atomic mass is 16.5. The summed E-state index contributed by atoms with van der Waals surface area (Å²) in [6.45, 7) is 1.05. The van der Waals surface area contributed by atoms with Crippen LogP contribution in [0.2, 0.25) is 0 Å². The van der Waals surface area contributed by atoms with E-state index in [4.69, 9.17) is 9.84 Å². The quantitative estimate of drug-likeness (QED) is 0.493. The Morgan fingerprint density at radius 1 is 1.25 bits per heavy atom. The molecule has 24 heavy (non-hydrogen) atoms. The van der Waals surface area contributed by atoms with Crippen molar-refractivity contribution in [3.63, 3.8) is 0 Å². The summed E-state index contributed by atoms with van der Waals surface area (Å²) in [6, 6.07) is 7.61. The van der Waals surface area contributed by atoms with E-state index in [2.05, 4.69) is 25.1 Å². The van der Waals surface area contributed by atoms with Crippen molar-refractivity contribution in [3.8, 4) is 5.75 Å². The highest BCUT2D eigenvalue weighted by molar-refractivity contribution is 5.91. The first-order valence-electron chi connectivity index (χ1n) is 8.33. The van der Waals surface area contributed by atoms with E-state index in [0.29, 0.717) is 17.6 Å². The van der Waals surface area contributed by atoms with E-state index in [1.807, 2.05) is 12.1 Å². The fourth-order valence-corrected chi connectivity index (χ4v) is 3.43. The molecule has 1 aliphatic rings. The lowest BCUT2D eigenvalue weighted by Gasteiger charge is -2.34. The van der Waals surface area contributed by atoms with E-state index < -0.39 is 11.9 Å². The van der Waals surface area contributed by atoms with E-state index in [1.165, 1.54) is 24.8 Å². The zero-order chi connectivity index (χ0) is 17.5. The Hall–Kier alpha value is -2.14. The van der Waals surface area contributed by atoms with Gasteiger partial charge in [-0.05, 0) is 56.5 Å². The Morgan fingerprint density at radius 3 is 2.71 bits per heavy atom. The molecule has 0 amide bonds. The van der Waals surface area contributed by atoms with Crippen LogP contribution in [-0.2, 0) is 9.59 Å². The number of carboxylic acid groups (broad SMARTS) is 1. The van der Waals surface area contributed by atoms with Crippen molar-refractivity contribution >= 4 is 11.9 Å². The second-order valence-electron chi connectivity index (χ2n) is 6.58. The molecule has 1 aliphatic carbocycles. The lowest BCUT2D eigenvalue weighted by Crippen LogP contribution is -2.28. The Labute approximate surface area is 142 Å². The number of aliphatic carboxylic acids is 1. The first-order chi connectivity index (χ1) is 11.5. The molecule has 1 aromatic rings. The van der Waals surface area contributed by atoms with Gasteiger partial charge in [0.05, 0.1) is 0 Å². The molecule has 0 aromatic heterocycles. The first-order valence-corrected chi connectivity index (χ1v) is 8.33. The van der Waals surface area contributed by atoms with Crippen molar-refractivity contribution in [1.29, 1.82) is 0 Å². The van der Waals surface area contributed by atoms with Crippen molar-refractivity contribution in [2.75, 3.05) is 20.6 Å². The van der Waals surface area contributed by atoms with Gasteiger partial charge in [-0.2, -0.15) is 0 Å². The van der Waals surface area contributed by atoms with Gasteiger partial charge in [-0.15, -0.1) is 0 Å². The number of carbonyl (C=O) groups excluding carboxylic acids is 1. The minimum absolute atomic E-state index is 0.460. The predicted molar refractivity (Wildman–Crippen MR) is 92.1 cm³/mol. The lowest BCUT2D eigenvalue weighted by molar-refractivity contribution is -0.133. The molecule has 5 heteroatoms. The van der Waals surface area contributed by atoms with Crippen LogP contribution in [0.1, 0.15) is 37.2 Å². The van der Waals surface area contributed by atoms with Crippen LogP contribution in [0.4, 0.5) is 0 Å². The Balaban J connectivity index is 2.10. The molecule has 2 rings (SSSR count). The number of esters is 1. The van der Waals surface area contributed by atoms with Gasteiger partial charge in [0.2, 0.25) is 0 Å². The molecule has 1 aromatic carbocycles. The fourth-order valence-electron chi connectivity index (χ4n) is 3.43. The van der Waals surface area contributed by atoms with Crippen LogP contribution >= 0.6 is 0 Å². The average Bonchev–Trinajstić information content (AvgIpc) is 2.53. The Bertz CT molecular complexity index is 609. The van der Waals surface area contributed by atoms with Crippen molar-refractivity contribution in [2.45, 2.75) is 31.6 Å². The summed E-state index contributed by atoms with van der Waals surface area (Å²) in [6.07, 6.45) is 6.55. The highest BCUT2D eigenvalue weighted by Gasteiger charge is 2.27. The van der Waals surface area contributed by atoms with Gasteiger partial charge in [0.1, 0.15) is 5.75 Å². The third kappa shape index (κ3) is 5.49. The molecule has 130 valence electrons. The fraction of sp³-hybridized carbons (Fsp3) is 0.474. The summed E-state index contributed by atoms with van der Waals surface area (Å²) in [5.41, 5.74) is 1.19. The van der Waals surface area contributed by atoms with Gasteiger partial charge in [0.25, 0.3) is 0 Å². The molecule has 1 N–H and O–H groups in total. The number of benzene rings is 1. The van der Waals surface area contributed by atoms with Crippen LogP contribution in [0.15, 0.2) is 36.4 Å². The SMILES string of the molecule is CN(C)C[C@@H]1CCCC[C@H]1c1cccc(OC(=O)/C=C/C(=O)O)c1. The maximum absolute atomic E-state index is 11.6. The summed E-state index contributed by atoms with van der Waals surface area (Å²) in [5, 5.41) is 8.55. The number of ether oxygens (including phenoxy) is 1. The number of carboxylic acids is 1. The van der Waals surface area contributed by atoms with Crippen LogP contribution in [-0.4, -0.2) is 42.6 Å².